The Balaban J connectivity index is 1.80. The van der Waals surface area contributed by atoms with Crippen molar-refractivity contribution in [3.63, 3.8) is 0 Å². The van der Waals surface area contributed by atoms with Crippen LogP contribution in [0.5, 0.6) is 0 Å². The van der Waals surface area contributed by atoms with Crippen molar-refractivity contribution >= 4 is 17.9 Å². The number of nitrogens with two attached hydrogens (primary N) is 1. The maximum atomic E-state index is 14.4. The van der Waals surface area contributed by atoms with Crippen molar-refractivity contribution in [3.8, 4) is 0 Å². The highest BCUT2D eigenvalue weighted by Crippen LogP contribution is 2.44. The topological polar surface area (TPSA) is 81.1 Å². The monoisotopic (exact) mass is 403 g/mol. The van der Waals surface area contributed by atoms with Gasteiger partial charge in [0.25, 0.3) is 0 Å². The summed E-state index contributed by atoms with van der Waals surface area (Å²) in [5.41, 5.74) is 7.28. The van der Waals surface area contributed by atoms with Crippen molar-refractivity contribution in [3.05, 3.63) is 115 Å². The number of nitrogens with one attached hydrogen (secondary N) is 1. The molecular formula is C23H22N3O2P. The molecule has 2 atom stereocenters. The van der Waals surface area contributed by atoms with Crippen LogP contribution < -0.4 is 21.4 Å². The number of rotatable bonds is 7. The Morgan fingerprint density at radius 2 is 1.45 bits per heavy atom. The molecule has 2 aromatic carbocycles. The van der Waals surface area contributed by atoms with E-state index in [2.05, 4.69) is 10.1 Å². The molecule has 0 saturated heterocycles. The molecule has 5 nitrogen and oxygen atoms in total. The SMILES string of the molecule is N[C@@H](c1ccccn1)[C@@H](NP(=O)(c1ccccc1)c1ccccc1)c1ccco1. The zero-order valence-corrected chi connectivity index (χ0v) is 16.7. The Hall–Kier alpha value is -2.98. The van der Waals surface area contributed by atoms with E-state index in [9.17, 15) is 4.57 Å². The van der Waals surface area contributed by atoms with E-state index in [1.807, 2.05) is 84.9 Å². The van der Waals surface area contributed by atoms with Gasteiger partial charge in [0.2, 0.25) is 7.29 Å². The van der Waals surface area contributed by atoms with Gasteiger partial charge in [0, 0.05) is 16.8 Å². The molecule has 4 aromatic rings. The van der Waals surface area contributed by atoms with Gasteiger partial charge in [0.1, 0.15) is 5.76 Å². The summed E-state index contributed by atoms with van der Waals surface area (Å²) in [6.45, 7) is 0. The van der Waals surface area contributed by atoms with Crippen molar-refractivity contribution < 1.29 is 8.98 Å². The second-order valence-electron chi connectivity index (χ2n) is 6.68. The molecule has 3 N–H and O–H groups in total. The van der Waals surface area contributed by atoms with Crippen LogP contribution in [-0.4, -0.2) is 4.98 Å². The maximum absolute atomic E-state index is 14.4. The summed E-state index contributed by atoms with van der Waals surface area (Å²) in [5, 5.41) is 4.77. The Labute approximate surface area is 170 Å². The first-order chi connectivity index (χ1) is 14.2. The zero-order valence-electron chi connectivity index (χ0n) is 15.8. The van der Waals surface area contributed by atoms with E-state index in [0.717, 1.165) is 0 Å². The smallest absolute Gasteiger partial charge is 0.205 e. The number of nitrogens with zero attached hydrogens (tertiary/aromatic N) is 1. The molecule has 0 aliphatic heterocycles. The van der Waals surface area contributed by atoms with Crippen LogP contribution in [0.4, 0.5) is 0 Å². The van der Waals surface area contributed by atoms with Gasteiger partial charge in [0.05, 0.1) is 24.0 Å². The number of pyridine rings is 1. The predicted molar refractivity (Wildman–Crippen MR) is 116 cm³/mol. The number of furan rings is 1. The van der Waals surface area contributed by atoms with Gasteiger partial charge in [-0.1, -0.05) is 42.5 Å². The van der Waals surface area contributed by atoms with Crippen molar-refractivity contribution in [2.24, 2.45) is 5.73 Å². The minimum absolute atomic E-state index is 0.536. The standard InChI is InChI=1S/C23H22N3O2P/c24-22(20-14-7-8-16-25-20)23(21-15-9-17-28-21)26-29(27,18-10-3-1-4-11-18)19-12-5-2-6-13-19/h1-17,22-23H,24H2,(H,26,27)/t22-,23-/m0/s1. The van der Waals surface area contributed by atoms with Gasteiger partial charge in [-0.05, 0) is 48.5 Å². The minimum Gasteiger partial charge on any atom is -0.468 e. The summed E-state index contributed by atoms with van der Waals surface area (Å²) in [5.74, 6) is 0.607. The third-order valence-corrected chi connectivity index (χ3v) is 7.49. The number of hydrogen-bond donors (Lipinski definition) is 2. The molecule has 0 bridgehead atoms. The van der Waals surface area contributed by atoms with Crippen LogP contribution in [0.1, 0.15) is 23.5 Å². The lowest BCUT2D eigenvalue weighted by Crippen LogP contribution is -2.36. The van der Waals surface area contributed by atoms with E-state index in [-0.39, 0.29) is 0 Å². The molecule has 146 valence electrons. The Morgan fingerprint density at radius 3 is 1.97 bits per heavy atom. The van der Waals surface area contributed by atoms with Crippen LogP contribution in [-0.2, 0) is 4.57 Å². The van der Waals surface area contributed by atoms with Crippen LogP contribution >= 0.6 is 7.29 Å². The molecule has 0 amide bonds. The molecule has 0 aliphatic rings. The number of aromatic nitrogens is 1. The minimum atomic E-state index is -3.21. The van der Waals surface area contributed by atoms with E-state index in [4.69, 9.17) is 10.2 Å². The van der Waals surface area contributed by atoms with Crippen LogP contribution in [0.2, 0.25) is 0 Å². The molecule has 0 spiro atoms. The summed E-state index contributed by atoms with van der Waals surface area (Å²) >= 11 is 0. The maximum Gasteiger partial charge on any atom is 0.205 e. The molecule has 0 radical (unpaired) electrons. The van der Waals surface area contributed by atoms with Gasteiger partial charge in [-0.25, -0.2) is 5.09 Å². The fourth-order valence-corrected chi connectivity index (χ4v) is 5.76. The van der Waals surface area contributed by atoms with Crippen LogP contribution in [0.25, 0.3) is 0 Å². The summed E-state index contributed by atoms with van der Waals surface area (Å²) in [6, 6.07) is 26.9. The van der Waals surface area contributed by atoms with Gasteiger partial charge in [0.15, 0.2) is 0 Å². The fraction of sp³-hybridized carbons (Fsp3) is 0.0870. The molecule has 4 rings (SSSR count). The molecule has 29 heavy (non-hydrogen) atoms. The third kappa shape index (κ3) is 4.08. The average Bonchev–Trinajstić information content (AvgIpc) is 3.33. The van der Waals surface area contributed by atoms with Gasteiger partial charge >= 0.3 is 0 Å². The van der Waals surface area contributed by atoms with E-state index in [1.165, 1.54) is 0 Å². The molecule has 0 saturated carbocycles. The lowest BCUT2D eigenvalue weighted by Gasteiger charge is -2.29. The van der Waals surface area contributed by atoms with E-state index in [1.54, 1.807) is 18.5 Å². The van der Waals surface area contributed by atoms with Crippen molar-refractivity contribution in [2.75, 3.05) is 0 Å². The molecule has 0 unspecified atom stereocenters. The first kappa shape index (κ1) is 19.3. The van der Waals surface area contributed by atoms with Crippen LogP contribution in [0, 0.1) is 0 Å². The summed E-state index contributed by atoms with van der Waals surface area (Å²) < 4.78 is 20.1. The Bertz CT molecular complexity index is 1030. The van der Waals surface area contributed by atoms with Crippen LogP contribution in [0.15, 0.2) is 108 Å². The Morgan fingerprint density at radius 1 is 0.828 bits per heavy atom. The largest absolute Gasteiger partial charge is 0.468 e. The quantitative estimate of drug-likeness (QED) is 0.457. The Kier molecular flexibility index (Phi) is 5.72. The van der Waals surface area contributed by atoms with Gasteiger partial charge in [-0.15, -0.1) is 0 Å². The lowest BCUT2D eigenvalue weighted by molar-refractivity contribution is 0.402. The van der Waals surface area contributed by atoms with Gasteiger partial charge in [-0.3, -0.25) is 9.55 Å². The fourth-order valence-electron chi connectivity index (χ4n) is 3.30. The first-order valence-electron chi connectivity index (χ1n) is 9.37. The van der Waals surface area contributed by atoms with Crippen molar-refractivity contribution in [2.45, 2.75) is 12.1 Å². The first-order valence-corrected chi connectivity index (χ1v) is 11.1. The normalized spacial score (nSPS) is 13.7. The zero-order chi connectivity index (χ0) is 20.1. The van der Waals surface area contributed by atoms with E-state index >= 15 is 0 Å². The molecule has 2 aromatic heterocycles. The number of hydrogen-bond acceptors (Lipinski definition) is 4. The van der Waals surface area contributed by atoms with Crippen molar-refractivity contribution in [1.82, 2.24) is 10.1 Å². The highest BCUT2D eigenvalue weighted by atomic mass is 31.2. The van der Waals surface area contributed by atoms with Crippen LogP contribution in [0.3, 0.4) is 0 Å². The molecule has 6 heteroatoms. The number of benzene rings is 2. The van der Waals surface area contributed by atoms with Gasteiger partial charge < -0.3 is 10.2 Å². The molecule has 0 fully saturated rings. The average molecular weight is 403 g/mol. The highest BCUT2D eigenvalue weighted by Gasteiger charge is 2.35. The highest BCUT2D eigenvalue weighted by molar-refractivity contribution is 7.76. The summed E-state index contributed by atoms with van der Waals surface area (Å²) in [7, 11) is -3.21. The lowest BCUT2D eigenvalue weighted by atomic mass is 10.0. The van der Waals surface area contributed by atoms with E-state index < -0.39 is 19.4 Å². The van der Waals surface area contributed by atoms with Crippen molar-refractivity contribution in [1.29, 1.82) is 0 Å². The third-order valence-electron chi connectivity index (χ3n) is 4.80. The second kappa shape index (κ2) is 8.58. The van der Waals surface area contributed by atoms with E-state index in [0.29, 0.717) is 22.1 Å². The predicted octanol–water partition coefficient (Wildman–Crippen LogP) is 3.93. The van der Waals surface area contributed by atoms with Gasteiger partial charge in [-0.2, -0.15) is 0 Å². The molecule has 0 aliphatic carbocycles. The second-order valence-corrected chi connectivity index (χ2v) is 9.19. The molecule has 2 heterocycles. The summed E-state index contributed by atoms with van der Waals surface area (Å²) in [4.78, 5) is 4.39. The summed E-state index contributed by atoms with van der Waals surface area (Å²) in [6.07, 6.45) is 3.29. The molecular weight excluding hydrogens is 381 g/mol.